The third-order valence-electron chi connectivity index (χ3n) is 6.57. The number of rotatable bonds is 7. The number of aromatic nitrogens is 1. The van der Waals surface area contributed by atoms with Crippen LogP contribution in [0.1, 0.15) is 48.5 Å². The first-order valence-electron chi connectivity index (χ1n) is 11.4. The van der Waals surface area contributed by atoms with Gasteiger partial charge < -0.3 is 14.6 Å². The van der Waals surface area contributed by atoms with Gasteiger partial charge >= 0.3 is 0 Å². The number of nitrogens with zero attached hydrogens (tertiary/aromatic N) is 2. The largest absolute Gasteiger partial charge is 0.497 e. The van der Waals surface area contributed by atoms with Crippen molar-refractivity contribution < 1.29 is 17.9 Å². The number of carbonyl (C=O) groups excluding carboxylic acids is 1. The smallest absolute Gasteiger partial charge is 0.253 e. The molecule has 8 heteroatoms. The summed E-state index contributed by atoms with van der Waals surface area (Å²) >= 11 is 0. The Hall–Kier alpha value is -2.84. The Morgan fingerprint density at radius 2 is 1.85 bits per heavy atom. The van der Waals surface area contributed by atoms with E-state index in [0.717, 1.165) is 29.5 Å². The standard InChI is InChI=1S/C25H31N3O4S/c1-4-28(5-2)33(30,31)21-8-6-7-19(15-21)25(29)27-13-11-18(12-14-27)23-17-26-24-10-9-20(32-3)16-22(23)24/h6-10,15-18,26H,4-5,11-14H2,1-3H3. The van der Waals surface area contributed by atoms with Crippen LogP contribution in [0.5, 0.6) is 5.75 Å². The lowest BCUT2D eigenvalue weighted by atomic mass is 9.89. The van der Waals surface area contributed by atoms with Gasteiger partial charge in [0, 0.05) is 48.8 Å². The molecule has 2 aromatic carbocycles. The van der Waals surface area contributed by atoms with Crippen LogP contribution in [0.4, 0.5) is 0 Å². The van der Waals surface area contributed by atoms with Crippen LogP contribution in [0.15, 0.2) is 53.6 Å². The van der Waals surface area contributed by atoms with E-state index in [1.807, 2.05) is 30.9 Å². The molecule has 0 spiro atoms. The summed E-state index contributed by atoms with van der Waals surface area (Å²) in [7, 11) is -1.94. The summed E-state index contributed by atoms with van der Waals surface area (Å²) in [5.41, 5.74) is 2.75. The molecule has 1 saturated heterocycles. The Bertz CT molecular complexity index is 1240. The molecule has 4 rings (SSSR count). The number of amides is 1. The topological polar surface area (TPSA) is 82.7 Å². The van der Waals surface area contributed by atoms with Crippen molar-refractivity contribution >= 4 is 26.8 Å². The van der Waals surface area contributed by atoms with Crippen molar-refractivity contribution in [3.8, 4) is 5.75 Å². The van der Waals surface area contributed by atoms with E-state index in [9.17, 15) is 13.2 Å². The molecule has 3 aromatic rings. The lowest BCUT2D eigenvalue weighted by Gasteiger charge is -2.32. The molecule has 1 fully saturated rings. The Morgan fingerprint density at radius 1 is 1.12 bits per heavy atom. The second kappa shape index (κ2) is 9.57. The minimum Gasteiger partial charge on any atom is -0.497 e. The molecule has 0 bridgehead atoms. The molecule has 1 aromatic heterocycles. The van der Waals surface area contributed by atoms with Crippen LogP contribution >= 0.6 is 0 Å². The number of H-pyrrole nitrogens is 1. The first kappa shape index (κ1) is 23.3. The molecule has 0 saturated carbocycles. The summed E-state index contributed by atoms with van der Waals surface area (Å²) in [4.78, 5) is 18.5. The van der Waals surface area contributed by atoms with E-state index in [1.54, 1.807) is 25.3 Å². The van der Waals surface area contributed by atoms with Crippen molar-refractivity contribution in [1.29, 1.82) is 0 Å². The van der Waals surface area contributed by atoms with Gasteiger partial charge in [-0.15, -0.1) is 0 Å². The van der Waals surface area contributed by atoms with Crippen molar-refractivity contribution in [2.45, 2.75) is 37.5 Å². The third kappa shape index (κ3) is 4.50. The molecule has 0 radical (unpaired) electrons. The molecule has 7 nitrogen and oxygen atoms in total. The highest BCUT2D eigenvalue weighted by atomic mass is 32.2. The van der Waals surface area contributed by atoms with Crippen molar-refractivity contribution in [1.82, 2.24) is 14.2 Å². The summed E-state index contributed by atoms with van der Waals surface area (Å²) in [5.74, 6) is 1.06. The number of benzene rings is 2. The number of piperidine rings is 1. The minimum absolute atomic E-state index is 0.120. The van der Waals surface area contributed by atoms with Gasteiger partial charge in [0.25, 0.3) is 5.91 Å². The fraction of sp³-hybridized carbons (Fsp3) is 0.400. The first-order valence-corrected chi connectivity index (χ1v) is 12.9. The number of methoxy groups -OCH3 is 1. The number of likely N-dealkylation sites (tertiary alicyclic amines) is 1. The molecule has 176 valence electrons. The van der Waals surface area contributed by atoms with Gasteiger partial charge in [-0.3, -0.25) is 4.79 Å². The van der Waals surface area contributed by atoms with Gasteiger partial charge in [0.15, 0.2) is 0 Å². The maximum Gasteiger partial charge on any atom is 0.253 e. The second-order valence-electron chi connectivity index (χ2n) is 8.34. The monoisotopic (exact) mass is 469 g/mol. The molecule has 1 aliphatic rings. The predicted molar refractivity (Wildman–Crippen MR) is 129 cm³/mol. The van der Waals surface area contributed by atoms with Gasteiger partial charge in [0.2, 0.25) is 10.0 Å². The second-order valence-corrected chi connectivity index (χ2v) is 10.3. The van der Waals surface area contributed by atoms with Crippen LogP contribution in [0.2, 0.25) is 0 Å². The van der Waals surface area contributed by atoms with Gasteiger partial charge in [0.1, 0.15) is 5.75 Å². The molecular weight excluding hydrogens is 438 g/mol. The lowest BCUT2D eigenvalue weighted by Crippen LogP contribution is -2.38. The normalized spacial score (nSPS) is 15.3. The maximum atomic E-state index is 13.2. The molecule has 1 amide bonds. The van der Waals surface area contributed by atoms with Crippen molar-refractivity contribution in [2.75, 3.05) is 33.3 Å². The molecule has 0 atom stereocenters. The molecule has 33 heavy (non-hydrogen) atoms. The Labute approximate surface area is 195 Å². The summed E-state index contributed by atoms with van der Waals surface area (Å²) in [6.07, 6.45) is 3.77. The van der Waals surface area contributed by atoms with Crippen molar-refractivity contribution in [2.24, 2.45) is 0 Å². The SMILES string of the molecule is CCN(CC)S(=O)(=O)c1cccc(C(=O)N2CCC(c3c[nH]c4ccc(OC)cc34)CC2)c1. The van der Waals surface area contributed by atoms with E-state index < -0.39 is 10.0 Å². The fourth-order valence-electron chi connectivity index (χ4n) is 4.66. The summed E-state index contributed by atoms with van der Waals surface area (Å²) in [6.45, 7) is 5.67. The van der Waals surface area contributed by atoms with E-state index in [-0.39, 0.29) is 10.8 Å². The maximum absolute atomic E-state index is 13.2. The summed E-state index contributed by atoms with van der Waals surface area (Å²) in [5, 5.41) is 1.16. The Kier molecular flexibility index (Phi) is 6.76. The van der Waals surface area contributed by atoms with Gasteiger partial charge in [-0.05, 0) is 60.7 Å². The average Bonchev–Trinajstić information content (AvgIpc) is 3.27. The molecule has 1 N–H and O–H groups in total. The zero-order valence-electron chi connectivity index (χ0n) is 19.4. The van der Waals surface area contributed by atoms with E-state index in [1.165, 1.54) is 15.9 Å². The molecular formula is C25H31N3O4S. The molecule has 1 aliphatic heterocycles. The summed E-state index contributed by atoms with van der Waals surface area (Å²) in [6, 6.07) is 12.4. The van der Waals surface area contributed by atoms with Crippen molar-refractivity contribution in [3.05, 3.63) is 59.8 Å². The fourth-order valence-corrected chi connectivity index (χ4v) is 6.17. The van der Waals surface area contributed by atoms with E-state index >= 15 is 0 Å². The number of hydrogen-bond acceptors (Lipinski definition) is 4. The van der Waals surface area contributed by atoms with E-state index in [0.29, 0.717) is 37.7 Å². The third-order valence-corrected chi connectivity index (χ3v) is 8.61. The number of hydrogen-bond donors (Lipinski definition) is 1. The number of carbonyl (C=O) groups is 1. The molecule has 0 unspecified atom stereocenters. The quantitative estimate of drug-likeness (QED) is 0.561. The number of fused-ring (bicyclic) bond motifs is 1. The highest BCUT2D eigenvalue weighted by Gasteiger charge is 2.28. The summed E-state index contributed by atoms with van der Waals surface area (Å²) < 4.78 is 32.5. The van der Waals surface area contributed by atoms with E-state index in [4.69, 9.17) is 4.74 Å². The van der Waals surface area contributed by atoms with Crippen LogP contribution in [-0.4, -0.2) is 61.8 Å². The lowest BCUT2D eigenvalue weighted by molar-refractivity contribution is 0.0713. The Balaban J connectivity index is 1.48. The van der Waals surface area contributed by atoms with Gasteiger partial charge in [-0.1, -0.05) is 19.9 Å². The van der Waals surface area contributed by atoms with Crippen LogP contribution in [0, 0.1) is 0 Å². The first-order chi connectivity index (χ1) is 15.9. The molecule has 0 aliphatic carbocycles. The number of aromatic amines is 1. The predicted octanol–water partition coefficient (Wildman–Crippen LogP) is 4.23. The zero-order chi connectivity index (χ0) is 23.6. The van der Waals surface area contributed by atoms with Crippen LogP contribution in [0.3, 0.4) is 0 Å². The van der Waals surface area contributed by atoms with Crippen molar-refractivity contribution in [3.63, 3.8) is 0 Å². The minimum atomic E-state index is -3.60. The van der Waals surface area contributed by atoms with E-state index in [2.05, 4.69) is 17.2 Å². The number of nitrogens with one attached hydrogen (secondary N) is 1. The van der Waals surface area contributed by atoms with Gasteiger partial charge in [-0.2, -0.15) is 4.31 Å². The van der Waals surface area contributed by atoms with Crippen LogP contribution in [0.25, 0.3) is 10.9 Å². The average molecular weight is 470 g/mol. The van der Waals surface area contributed by atoms with Gasteiger partial charge in [-0.25, -0.2) is 8.42 Å². The van der Waals surface area contributed by atoms with Crippen LogP contribution < -0.4 is 4.74 Å². The van der Waals surface area contributed by atoms with Crippen LogP contribution in [-0.2, 0) is 10.0 Å². The highest BCUT2D eigenvalue weighted by molar-refractivity contribution is 7.89. The number of ether oxygens (including phenoxy) is 1. The number of sulfonamides is 1. The Morgan fingerprint density at radius 3 is 2.52 bits per heavy atom. The zero-order valence-corrected chi connectivity index (χ0v) is 20.2. The highest BCUT2D eigenvalue weighted by Crippen LogP contribution is 2.35. The van der Waals surface area contributed by atoms with Gasteiger partial charge in [0.05, 0.1) is 12.0 Å². The molecule has 2 heterocycles.